The zero-order valence-electron chi connectivity index (χ0n) is 9.90. The molecule has 3 N–H and O–H groups in total. The van der Waals surface area contributed by atoms with Crippen molar-refractivity contribution in [3.63, 3.8) is 0 Å². The summed E-state index contributed by atoms with van der Waals surface area (Å²) in [6.07, 6.45) is -0.161. The molecule has 2 rings (SSSR count). The van der Waals surface area contributed by atoms with Crippen LogP contribution in [0.4, 0.5) is 0 Å². The maximum Gasteiger partial charge on any atom is 0.251 e. The zero-order chi connectivity index (χ0) is 13.8. The number of carbonyl (C=O) groups excluding carboxylic acids is 3. The van der Waals surface area contributed by atoms with Crippen molar-refractivity contribution in [1.29, 1.82) is 0 Å². The molecule has 0 radical (unpaired) electrons. The van der Waals surface area contributed by atoms with Crippen molar-refractivity contribution < 1.29 is 14.4 Å². The lowest BCUT2D eigenvalue weighted by Gasteiger charge is -2.07. The third kappa shape index (κ3) is 3.45. The number of carbonyl (C=O) groups is 3. The predicted molar refractivity (Wildman–Crippen MR) is 67.7 cm³/mol. The van der Waals surface area contributed by atoms with Crippen LogP contribution in [0.15, 0.2) is 24.3 Å². The van der Waals surface area contributed by atoms with Crippen LogP contribution in [0.1, 0.15) is 12.0 Å². The van der Waals surface area contributed by atoms with E-state index < -0.39 is 17.7 Å². The minimum Gasteiger partial charge on any atom is -0.352 e. The highest BCUT2D eigenvalue weighted by Crippen LogP contribution is 2.10. The predicted octanol–water partition coefficient (Wildman–Crippen LogP) is 0.124. The first-order valence-electron chi connectivity index (χ1n) is 5.67. The normalized spacial score (nSPS) is 15.0. The van der Waals surface area contributed by atoms with Gasteiger partial charge in [0.15, 0.2) is 0 Å². The molecule has 0 atom stereocenters. The van der Waals surface area contributed by atoms with Crippen molar-refractivity contribution >= 4 is 29.3 Å². The van der Waals surface area contributed by atoms with Gasteiger partial charge in [-0.1, -0.05) is 23.7 Å². The Labute approximate surface area is 114 Å². The van der Waals surface area contributed by atoms with E-state index >= 15 is 0 Å². The molecule has 0 aliphatic carbocycles. The summed E-state index contributed by atoms with van der Waals surface area (Å²) in [6, 6.07) is 7.02. The highest BCUT2D eigenvalue weighted by atomic mass is 35.5. The van der Waals surface area contributed by atoms with Crippen molar-refractivity contribution in [1.82, 2.24) is 16.2 Å². The Morgan fingerprint density at radius 1 is 1.16 bits per heavy atom. The Morgan fingerprint density at radius 2 is 1.74 bits per heavy atom. The molecule has 1 heterocycles. The lowest BCUT2D eigenvalue weighted by molar-refractivity contribution is -0.133. The van der Waals surface area contributed by atoms with Crippen LogP contribution in [0.5, 0.6) is 0 Å². The molecule has 0 aromatic heterocycles. The summed E-state index contributed by atoms with van der Waals surface area (Å²) in [7, 11) is 0. The standard InChI is InChI=1S/C12H12ClN3O3/c13-8-3-1-7(2-4-8)6-14-10(17)5-9-11(18)15-16-12(9)19/h1-4,9H,5-6H2,(H,14,17)(H,15,18)(H,16,19). The monoisotopic (exact) mass is 281 g/mol. The van der Waals surface area contributed by atoms with Crippen molar-refractivity contribution in [2.75, 3.05) is 0 Å². The van der Waals surface area contributed by atoms with Crippen LogP contribution in [-0.4, -0.2) is 17.7 Å². The number of hydrogen-bond donors (Lipinski definition) is 3. The molecule has 6 nitrogen and oxygen atoms in total. The van der Waals surface area contributed by atoms with Gasteiger partial charge in [-0.3, -0.25) is 25.2 Å². The third-order valence-corrected chi connectivity index (χ3v) is 2.99. The lowest BCUT2D eigenvalue weighted by Crippen LogP contribution is -2.29. The fraction of sp³-hybridized carbons (Fsp3) is 0.250. The average Bonchev–Trinajstić information content (AvgIpc) is 2.70. The molecule has 0 spiro atoms. The SMILES string of the molecule is O=C(CC1C(=O)NNC1=O)NCc1ccc(Cl)cc1. The first-order chi connectivity index (χ1) is 9.06. The summed E-state index contributed by atoms with van der Waals surface area (Å²) >= 11 is 5.74. The molecule has 19 heavy (non-hydrogen) atoms. The van der Waals surface area contributed by atoms with Gasteiger partial charge in [-0.05, 0) is 17.7 Å². The van der Waals surface area contributed by atoms with Gasteiger partial charge in [-0.2, -0.15) is 0 Å². The van der Waals surface area contributed by atoms with E-state index in [0.29, 0.717) is 11.6 Å². The molecule has 0 bridgehead atoms. The van der Waals surface area contributed by atoms with Gasteiger partial charge in [-0.25, -0.2) is 0 Å². The summed E-state index contributed by atoms with van der Waals surface area (Å²) in [4.78, 5) is 34.1. The molecule has 1 aromatic rings. The van der Waals surface area contributed by atoms with Crippen LogP contribution in [0.2, 0.25) is 5.02 Å². The second-order valence-corrected chi connectivity index (χ2v) is 4.57. The maximum absolute atomic E-state index is 11.6. The first kappa shape index (κ1) is 13.4. The van der Waals surface area contributed by atoms with Crippen molar-refractivity contribution in [2.24, 2.45) is 5.92 Å². The number of rotatable bonds is 4. The molecule has 0 saturated carbocycles. The van der Waals surface area contributed by atoms with E-state index in [2.05, 4.69) is 16.2 Å². The topological polar surface area (TPSA) is 87.3 Å². The molecular formula is C12H12ClN3O3. The Morgan fingerprint density at radius 3 is 2.32 bits per heavy atom. The highest BCUT2D eigenvalue weighted by molar-refractivity contribution is 6.30. The van der Waals surface area contributed by atoms with Gasteiger partial charge in [0.1, 0.15) is 5.92 Å². The van der Waals surface area contributed by atoms with E-state index in [1.54, 1.807) is 24.3 Å². The number of benzene rings is 1. The third-order valence-electron chi connectivity index (χ3n) is 2.73. The smallest absolute Gasteiger partial charge is 0.251 e. The van der Waals surface area contributed by atoms with Crippen molar-refractivity contribution in [3.8, 4) is 0 Å². The molecule has 3 amide bonds. The van der Waals surface area contributed by atoms with Gasteiger partial charge in [-0.15, -0.1) is 0 Å². The Kier molecular flexibility index (Phi) is 4.01. The van der Waals surface area contributed by atoms with Crippen molar-refractivity contribution in [3.05, 3.63) is 34.9 Å². The molecular weight excluding hydrogens is 270 g/mol. The Bertz CT molecular complexity index is 499. The van der Waals surface area contributed by atoms with Crippen LogP contribution in [-0.2, 0) is 20.9 Å². The maximum atomic E-state index is 11.6. The fourth-order valence-electron chi connectivity index (χ4n) is 1.66. The number of hydrazine groups is 1. The van der Waals surface area contributed by atoms with Crippen LogP contribution < -0.4 is 16.2 Å². The first-order valence-corrected chi connectivity index (χ1v) is 6.05. The zero-order valence-corrected chi connectivity index (χ0v) is 10.7. The van der Waals surface area contributed by atoms with E-state index in [9.17, 15) is 14.4 Å². The Balaban J connectivity index is 1.83. The number of amides is 3. The van der Waals surface area contributed by atoms with E-state index in [1.165, 1.54) is 0 Å². The summed E-state index contributed by atoms with van der Waals surface area (Å²) in [5.41, 5.74) is 5.23. The fourth-order valence-corrected chi connectivity index (χ4v) is 1.79. The summed E-state index contributed by atoms with van der Waals surface area (Å²) < 4.78 is 0. The van der Waals surface area contributed by atoms with Crippen molar-refractivity contribution in [2.45, 2.75) is 13.0 Å². The van der Waals surface area contributed by atoms with Crippen LogP contribution in [0.3, 0.4) is 0 Å². The van der Waals surface area contributed by atoms with Crippen LogP contribution >= 0.6 is 11.6 Å². The van der Waals surface area contributed by atoms with Gasteiger partial charge < -0.3 is 5.32 Å². The van der Waals surface area contributed by atoms with E-state index in [1.807, 2.05) is 0 Å². The molecule has 1 fully saturated rings. The second-order valence-electron chi connectivity index (χ2n) is 4.14. The average molecular weight is 282 g/mol. The second kappa shape index (κ2) is 5.71. The lowest BCUT2D eigenvalue weighted by atomic mass is 10.1. The Hall–Kier alpha value is -2.08. The molecule has 1 aliphatic heterocycles. The summed E-state index contributed by atoms with van der Waals surface area (Å²) in [6.45, 7) is 0.325. The van der Waals surface area contributed by atoms with Gasteiger partial charge >= 0.3 is 0 Å². The molecule has 1 aliphatic rings. The minimum absolute atomic E-state index is 0.161. The minimum atomic E-state index is -0.954. The van der Waals surface area contributed by atoms with Gasteiger partial charge in [0, 0.05) is 18.0 Å². The molecule has 1 aromatic carbocycles. The van der Waals surface area contributed by atoms with E-state index in [4.69, 9.17) is 11.6 Å². The molecule has 1 saturated heterocycles. The molecule has 100 valence electrons. The molecule has 7 heteroatoms. The summed E-state index contributed by atoms with van der Waals surface area (Å²) in [5.74, 6) is -2.27. The van der Waals surface area contributed by atoms with Gasteiger partial charge in [0.05, 0.1) is 0 Å². The van der Waals surface area contributed by atoms with E-state index in [0.717, 1.165) is 5.56 Å². The molecule has 0 unspecified atom stereocenters. The van der Waals surface area contributed by atoms with Crippen LogP contribution in [0, 0.1) is 5.92 Å². The largest absolute Gasteiger partial charge is 0.352 e. The quantitative estimate of drug-likeness (QED) is 0.685. The van der Waals surface area contributed by atoms with Gasteiger partial charge in [0.25, 0.3) is 11.8 Å². The number of nitrogens with one attached hydrogen (secondary N) is 3. The summed E-state index contributed by atoms with van der Waals surface area (Å²) in [5, 5.41) is 3.26. The highest BCUT2D eigenvalue weighted by Gasteiger charge is 2.34. The van der Waals surface area contributed by atoms with Gasteiger partial charge in [0.2, 0.25) is 5.91 Å². The van der Waals surface area contributed by atoms with E-state index in [-0.39, 0.29) is 12.3 Å². The number of hydrogen-bond acceptors (Lipinski definition) is 3. The number of halogens is 1. The van der Waals surface area contributed by atoms with Crippen LogP contribution in [0.25, 0.3) is 0 Å².